The Morgan fingerprint density at radius 2 is 2.11 bits per heavy atom. The van der Waals surface area contributed by atoms with Crippen molar-refractivity contribution in [2.45, 2.75) is 18.8 Å². The molecule has 0 spiro atoms. The van der Waals surface area contributed by atoms with E-state index >= 15 is 0 Å². The Balaban J connectivity index is 2.17. The van der Waals surface area contributed by atoms with Crippen molar-refractivity contribution in [2.75, 3.05) is 12.8 Å². The topological polar surface area (TPSA) is 73.0 Å². The van der Waals surface area contributed by atoms with E-state index in [0.29, 0.717) is 23.0 Å². The largest absolute Gasteiger partial charge is 0.494 e. The van der Waals surface area contributed by atoms with E-state index in [0.717, 1.165) is 18.5 Å². The molecule has 18 heavy (non-hydrogen) atoms. The van der Waals surface area contributed by atoms with Gasteiger partial charge in [-0.15, -0.1) is 0 Å². The lowest BCUT2D eigenvalue weighted by Gasteiger charge is -2.07. The minimum Gasteiger partial charge on any atom is -0.494 e. The molecular formula is C13H15N3O2. The number of nitrogens with two attached hydrogens (primary N) is 1. The Morgan fingerprint density at radius 1 is 1.39 bits per heavy atom. The summed E-state index contributed by atoms with van der Waals surface area (Å²) in [6.45, 7) is 0. The van der Waals surface area contributed by atoms with Gasteiger partial charge in [-0.3, -0.25) is 9.89 Å². The molecule has 1 heterocycles. The highest BCUT2D eigenvalue weighted by molar-refractivity contribution is 5.51. The molecule has 0 bridgehead atoms. The maximum Gasteiger partial charge on any atom is 0.294 e. The summed E-state index contributed by atoms with van der Waals surface area (Å²) >= 11 is 0. The fourth-order valence-corrected chi connectivity index (χ4v) is 2.13. The number of methoxy groups -OCH3 is 1. The van der Waals surface area contributed by atoms with Crippen molar-refractivity contribution in [1.82, 2.24) is 9.78 Å². The van der Waals surface area contributed by atoms with Crippen LogP contribution in [-0.2, 0) is 0 Å². The first-order chi connectivity index (χ1) is 8.72. The standard InChI is InChI=1S/C13H15N3O2/c1-18-10-5-3-2-4-9(10)16-13(17)11(14)12(15-16)8-6-7-8/h2-5,8,15H,6-7,14H2,1H3. The van der Waals surface area contributed by atoms with Crippen molar-refractivity contribution in [3.8, 4) is 11.4 Å². The van der Waals surface area contributed by atoms with Crippen LogP contribution in [0.3, 0.4) is 0 Å². The van der Waals surface area contributed by atoms with Crippen molar-refractivity contribution in [3.05, 3.63) is 40.3 Å². The number of ether oxygens (including phenoxy) is 1. The number of H-pyrrole nitrogens is 1. The van der Waals surface area contributed by atoms with Gasteiger partial charge in [-0.1, -0.05) is 12.1 Å². The third kappa shape index (κ3) is 1.59. The summed E-state index contributed by atoms with van der Waals surface area (Å²) in [6, 6.07) is 7.36. The number of para-hydroxylation sites is 2. The van der Waals surface area contributed by atoms with Crippen LogP contribution in [0.5, 0.6) is 5.75 Å². The molecule has 5 nitrogen and oxygen atoms in total. The average Bonchev–Trinajstić information content (AvgIpc) is 3.19. The molecule has 1 saturated carbocycles. The van der Waals surface area contributed by atoms with E-state index in [4.69, 9.17) is 10.5 Å². The van der Waals surface area contributed by atoms with Gasteiger partial charge in [-0.2, -0.15) is 0 Å². The van der Waals surface area contributed by atoms with E-state index < -0.39 is 0 Å². The molecule has 1 aromatic carbocycles. The molecule has 3 rings (SSSR count). The minimum atomic E-state index is -0.207. The van der Waals surface area contributed by atoms with Gasteiger partial charge >= 0.3 is 0 Å². The number of benzene rings is 1. The second-order valence-electron chi connectivity index (χ2n) is 4.53. The normalized spacial score (nSPS) is 14.7. The van der Waals surface area contributed by atoms with Gasteiger partial charge in [0.1, 0.15) is 17.1 Å². The maximum absolute atomic E-state index is 12.1. The summed E-state index contributed by atoms with van der Waals surface area (Å²) in [5, 5.41) is 3.10. The van der Waals surface area contributed by atoms with E-state index in [1.807, 2.05) is 24.3 Å². The number of hydrogen-bond donors (Lipinski definition) is 2. The second kappa shape index (κ2) is 3.94. The van der Waals surface area contributed by atoms with Gasteiger partial charge < -0.3 is 10.5 Å². The molecule has 0 aliphatic heterocycles. The molecule has 0 amide bonds. The van der Waals surface area contributed by atoms with Crippen molar-refractivity contribution >= 4 is 5.69 Å². The van der Waals surface area contributed by atoms with Gasteiger partial charge in [-0.05, 0) is 25.0 Å². The number of anilines is 1. The van der Waals surface area contributed by atoms with Crippen LogP contribution in [0.2, 0.25) is 0 Å². The summed E-state index contributed by atoms with van der Waals surface area (Å²) in [6.07, 6.45) is 2.19. The number of rotatable bonds is 3. The zero-order chi connectivity index (χ0) is 12.7. The number of aromatic nitrogens is 2. The van der Waals surface area contributed by atoms with E-state index in [1.165, 1.54) is 4.68 Å². The molecule has 1 fully saturated rings. The van der Waals surface area contributed by atoms with E-state index in [9.17, 15) is 4.79 Å². The van der Waals surface area contributed by atoms with Crippen LogP contribution < -0.4 is 16.0 Å². The molecule has 0 radical (unpaired) electrons. The zero-order valence-corrected chi connectivity index (χ0v) is 10.1. The van der Waals surface area contributed by atoms with Crippen molar-refractivity contribution in [3.63, 3.8) is 0 Å². The zero-order valence-electron chi connectivity index (χ0n) is 10.1. The Bertz CT molecular complexity index is 638. The molecular weight excluding hydrogens is 230 g/mol. The molecule has 0 saturated heterocycles. The van der Waals surface area contributed by atoms with Gasteiger partial charge in [-0.25, -0.2) is 4.68 Å². The van der Waals surface area contributed by atoms with Crippen LogP contribution in [0.1, 0.15) is 24.5 Å². The molecule has 3 N–H and O–H groups in total. The Hall–Kier alpha value is -2.17. The summed E-state index contributed by atoms with van der Waals surface area (Å²) in [5.74, 6) is 1.05. The van der Waals surface area contributed by atoms with Gasteiger partial charge in [0.15, 0.2) is 0 Å². The van der Waals surface area contributed by atoms with E-state index in [2.05, 4.69) is 5.10 Å². The molecule has 1 aromatic heterocycles. The number of nitrogens with zero attached hydrogens (tertiary/aromatic N) is 1. The lowest BCUT2D eigenvalue weighted by Crippen LogP contribution is -2.17. The molecule has 2 aromatic rings. The van der Waals surface area contributed by atoms with Crippen molar-refractivity contribution in [2.24, 2.45) is 0 Å². The van der Waals surface area contributed by atoms with Crippen molar-refractivity contribution in [1.29, 1.82) is 0 Å². The molecule has 1 aliphatic carbocycles. The van der Waals surface area contributed by atoms with Crippen LogP contribution in [0, 0.1) is 0 Å². The van der Waals surface area contributed by atoms with Gasteiger partial charge in [0.2, 0.25) is 0 Å². The SMILES string of the molecule is COc1ccccc1-n1[nH]c(C2CC2)c(N)c1=O. The Labute approximate surface area is 104 Å². The molecule has 0 unspecified atom stereocenters. The van der Waals surface area contributed by atoms with Crippen LogP contribution in [0.15, 0.2) is 29.1 Å². The number of nitrogens with one attached hydrogen (secondary N) is 1. The number of hydrogen-bond acceptors (Lipinski definition) is 3. The highest BCUT2D eigenvalue weighted by Gasteiger charge is 2.29. The highest BCUT2D eigenvalue weighted by Crippen LogP contribution is 2.41. The lowest BCUT2D eigenvalue weighted by molar-refractivity contribution is 0.411. The predicted molar refractivity (Wildman–Crippen MR) is 69.3 cm³/mol. The van der Waals surface area contributed by atoms with Crippen molar-refractivity contribution < 1.29 is 4.74 Å². The lowest BCUT2D eigenvalue weighted by atomic mass is 10.2. The fraction of sp³-hybridized carbons (Fsp3) is 0.308. The quantitative estimate of drug-likeness (QED) is 0.863. The maximum atomic E-state index is 12.1. The molecule has 1 aliphatic rings. The second-order valence-corrected chi connectivity index (χ2v) is 4.53. The van der Waals surface area contributed by atoms with Crippen LogP contribution in [0.25, 0.3) is 5.69 Å². The number of nitrogen functional groups attached to an aromatic ring is 1. The first-order valence-corrected chi connectivity index (χ1v) is 5.96. The van der Waals surface area contributed by atoms with Crippen LogP contribution in [0.4, 0.5) is 5.69 Å². The summed E-state index contributed by atoms with van der Waals surface area (Å²) in [4.78, 5) is 12.1. The first kappa shape index (κ1) is 11.0. The van der Waals surface area contributed by atoms with Crippen LogP contribution >= 0.6 is 0 Å². The molecule has 5 heteroatoms. The third-order valence-corrected chi connectivity index (χ3v) is 3.27. The fourth-order valence-electron chi connectivity index (χ4n) is 2.13. The van der Waals surface area contributed by atoms with E-state index in [1.54, 1.807) is 7.11 Å². The van der Waals surface area contributed by atoms with Gasteiger partial charge in [0.05, 0.1) is 12.8 Å². The Morgan fingerprint density at radius 3 is 2.78 bits per heavy atom. The monoisotopic (exact) mass is 245 g/mol. The van der Waals surface area contributed by atoms with Gasteiger partial charge in [0.25, 0.3) is 5.56 Å². The smallest absolute Gasteiger partial charge is 0.294 e. The Kier molecular flexibility index (Phi) is 2.40. The molecule has 0 atom stereocenters. The van der Waals surface area contributed by atoms with E-state index in [-0.39, 0.29) is 5.56 Å². The summed E-state index contributed by atoms with van der Waals surface area (Å²) in [5.41, 5.74) is 7.52. The van der Waals surface area contributed by atoms with Crippen LogP contribution in [-0.4, -0.2) is 16.9 Å². The summed E-state index contributed by atoms with van der Waals surface area (Å²) in [7, 11) is 1.58. The summed E-state index contributed by atoms with van der Waals surface area (Å²) < 4.78 is 6.72. The highest BCUT2D eigenvalue weighted by atomic mass is 16.5. The van der Waals surface area contributed by atoms with Gasteiger partial charge in [0, 0.05) is 5.92 Å². The first-order valence-electron chi connectivity index (χ1n) is 5.96. The molecule has 94 valence electrons. The predicted octanol–water partition coefficient (Wildman–Crippen LogP) is 1.63. The number of aromatic amines is 1. The average molecular weight is 245 g/mol. The minimum absolute atomic E-state index is 0.207. The third-order valence-electron chi connectivity index (χ3n) is 3.27.